The van der Waals surface area contributed by atoms with Gasteiger partial charge in [0.25, 0.3) is 0 Å². The van der Waals surface area contributed by atoms with Crippen molar-refractivity contribution >= 4 is 17.6 Å². The molecule has 1 aliphatic rings. The minimum atomic E-state index is -0.235. The number of rotatable bonds is 6. The van der Waals surface area contributed by atoms with Gasteiger partial charge < -0.3 is 20.9 Å². The van der Waals surface area contributed by atoms with E-state index in [9.17, 15) is 9.59 Å². The van der Waals surface area contributed by atoms with Crippen molar-refractivity contribution < 1.29 is 9.59 Å². The first kappa shape index (κ1) is 18.9. The number of hydrogen-bond acceptors (Lipinski definition) is 3. The van der Waals surface area contributed by atoms with Crippen LogP contribution in [0.3, 0.4) is 0 Å². The van der Waals surface area contributed by atoms with Crippen LogP contribution in [0.5, 0.6) is 0 Å². The number of benzene rings is 2. The number of urea groups is 1. The molecule has 6 heteroatoms. The molecule has 0 unspecified atom stereocenters. The van der Waals surface area contributed by atoms with E-state index in [0.29, 0.717) is 13.1 Å². The summed E-state index contributed by atoms with van der Waals surface area (Å²) in [6.07, 6.45) is 0.842. The van der Waals surface area contributed by atoms with Gasteiger partial charge in [-0.3, -0.25) is 4.79 Å². The number of carbonyl (C=O) groups is 2. The molecule has 1 heterocycles. The van der Waals surface area contributed by atoms with E-state index in [-0.39, 0.29) is 18.5 Å². The lowest BCUT2D eigenvalue weighted by Gasteiger charge is -2.28. The van der Waals surface area contributed by atoms with Gasteiger partial charge in [0, 0.05) is 25.3 Å². The Balaban J connectivity index is 1.47. The molecule has 0 fully saturated rings. The van der Waals surface area contributed by atoms with Gasteiger partial charge in [-0.2, -0.15) is 0 Å². The molecule has 0 aliphatic carbocycles. The lowest BCUT2D eigenvalue weighted by molar-refractivity contribution is -0.115. The minimum Gasteiger partial charge on any atom is -0.329 e. The van der Waals surface area contributed by atoms with Crippen molar-refractivity contribution in [3.05, 3.63) is 65.2 Å². The zero-order valence-electron chi connectivity index (χ0n) is 15.6. The van der Waals surface area contributed by atoms with Gasteiger partial charge in [-0.1, -0.05) is 43.3 Å². The molecule has 0 saturated heterocycles. The molecule has 142 valence electrons. The highest BCUT2D eigenvalue weighted by atomic mass is 16.2. The van der Waals surface area contributed by atoms with E-state index in [2.05, 4.69) is 28.9 Å². The van der Waals surface area contributed by atoms with Crippen LogP contribution >= 0.6 is 0 Å². The molecule has 0 atom stereocenters. The Bertz CT molecular complexity index is 806. The number of carbonyl (C=O) groups excluding carboxylic acids is 2. The van der Waals surface area contributed by atoms with Gasteiger partial charge in [-0.05, 0) is 41.8 Å². The molecule has 0 bridgehead atoms. The first-order valence-corrected chi connectivity index (χ1v) is 9.35. The topological polar surface area (TPSA) is 73.5 Å². The third-order valence-electron chi connectivity index (χ3n) is 4.61. The molecule has 0 spiro atoms. The van der Waals surface area contributed by atoms with Crippen molar-refractivity contribution in [1.82, 2.24) is 15.5 Å². The lowest BCUT2D eigenvalue weighted by Crippen LogP contribution is -2.45. The number of nitrogens with one attached hydrogen (secondary N) is 3. The van der Waals surface area contributed by atoms with Gasteiger partial charge in [-0.25, -0.2) is 4.79 Å². The first-order valence-electron chi connectivity index (χ1n) is 9.35. The number of nitrogens with zero attached hydrogens (tertiary/aromatic N) is 1. The Kier molecular flexibility index (Phi) is 6.44. The summed E-state index contributed by atoms with van der Waals surface area (Å²) in [6, 6.07) is 15.6. The average molecular weight is 366 g/mol. The second kappa shape index (κ2) is 9.19. The zero-order valence-corrected chi connectivity index (χ0v) is 15.6. The second-order valence-electron chi connectivity index (χ2n) is 6.63. The van der Waals surface area contributed by atoms with Crippen LogP contribution in [0.25, 0.3) is 0 Å². The number of fused-ring (bicyclic) bond motifs is 1. The number of hydrogen-bond donors (Lipinski definition) is 3. The van der Waals surface area contributed by atoms with Crippen LogP contribution in [0.1, 0.15) is 23.6 Å². The summed E-state index contributed by atoms with van der Waals surface area (Å²) in [4.78, 5) is 26.3. The third-order valence-corrected chi connectivity index (χ3v) is 4.61. The summed E-state index contributed by atoms with van der Waals surface area (Å²) in [5.74, 6) is -0.235. The van der Waals surface area contributed by atoms with Crippen molar-refractivity contribution in [3.63, 3.8) is 0 Å². The largest absolute Gasteiger partial charge is 0.329 e. The molecule has 0 aromatic heterocycles. The maximum absolute atomic E-state index is 12.4. The molecule has 27 heavy (non-hydrogen) atoms. The first-order chi connectivity index (χ1) is 13.2. The van der Waals surface area contributed by atoms with Crippen LogP contribution in [-0.4, -0.2) is 36.5 Å². The zero-order chi connectivity index (χ0) is 19.1. The van der Waals surface area contributed by atoms with E-state index in [1.54, 1.807) is 4.90 Å². The van der Waals surface area contributed by atoms with Crippen molar-refractivity contribution in [3.8, 4) is 0 Å². The third kappa shape index (κ3) is 5.31. The standard InChI is InChI=1S/C21H26N4O2/c1-2-22-13-16-6-5-9-19(12-16)24-20(26)14-23-21(27)25-11-10-17-7-3-4-8-18(17)15-25/h3-9,12,22H,2,10-11,13-15H2,1H3,(H,23,27)(H,24,26). The summed E-state index contributed by atoms with van der Waals surface area (Å²) >= 11 is 0. The normalized spacial score (nSPS) is 13.0. The second-order valence-corrected chi connectivity index (χ2v) is 6.63. The van der Waals surface area contributed by atoms with E-state index in [0.717, 1.165) is 30.8 Å². The summed E-state index contributed by atoms with van der Waals surface area (Å²) in [5.41, 5.74) is 4.29. The Labute approximate surface area is 159 Å². The molecule has 3 rings (SSSR count). The fourth-order valence-corrected chi connectivity index (χ4v) is 3.17. The maximum atomic E-state index is 12.4. The van der Waals surface area contributed by atoms with Crippen molar-refractivity contribution in [2.24, 2.45) is 0 Å². The van der Waals surface area contributed by atoms with Gasteiger partial charge in [0.1, 0.15) is 0 Å². The van der Waals surface area contributed by atoms with Crippen LogP contribution < -0.4 is 16.0 Å². The van der Waals surface area contributed by atoms with Crippen molar-refractivity contribution in [2.75, 3.05) is 25.0 Å². The smallest absolute Gasteiger partial charge is 0.318 e. The van der Waals surface area contributed by atoms with Crippen LogP contribution in [0, 0.1) is 0 Å². The Morgan fingerprint density at radius 3 is 2.70 bits per heavy atom. The highest BCUT2D eigenvalue weighted by Crippen LogP contribution is 2.18. The highest BCUT2D eigenvalue weighted by molar-refractivity contribution is 5.94. The van der Waals surface area contributed by atoms with Crippen LogP contribution in [0.4, 0.5) is 10.5 Å². The van der Waals surface area contributed by atoms with Gasteiger partial charge in [0.15, 0.2) is 0 Å². The van der Waals surface area contributed by atoms with Crippen molar-refractivity contribution in [1.29, 1.82) is 0 Å². The molecule has 0 saturated carbocycles. The Morgan fingerprint density at radius 1 is 1.07 bits per heavy atom. The van der Waals surface area contributed by atoms with Crippen molar-refractivity contribution in [2.45, 2.75) is 26.4 Å². The predicted molar refractivity (Wildman–Crippen MR) is 106 cm³/mol. The fraction of sp³-hybridized carbons (Fsp3) is 0.333. The van der Waals surface area contributed by atoms with Crippen LogP contribution in [0.2, 0.25) is 0 Å². The Hall–Kier alpha value is -2.86. The molecular weight excluding hydrogens is 340 g/mol. The molecule has 3 amide bonds. The van der Waals surface area contributed by atoms with Gasteiger partial charge in [-0.15, -0.1) is 0 Å². The van der Waals surface area contributed by atoms with E-state index in [4.69, 9.17) is 0 Å². The van der Waals surface area contributed by atoms with Crippen LogP contribution in [-0.2, 0) is 24.3 Å². The fourth-order valence-electron chi connectivity index (χ4n) is 3.17. The van der Waals surface area contributed by atoms with Crippen LogP contribution in [0.15, 0.2) is 48.5 Å². The number of anilines is 1. The molecular formula is C21H26N4O2. The molecule has 3 N–H and O–H groups in total. The molecule has 1 aliphatic heterocycles. The van der Waals surface area contributed by atoms with E-state index < -0.39 is 0 Å². The van der Waals surface area contributed by atoms with E-state index in [1.807, 2.05) is 42.5 Å². The molecule has 2 aromatic carbocycles. The minimum absolute atomic E-state index is 0.0472. The maximum Gasteiger partial charge on any atom is 0.318 e. The van der Waals surface area contributed by atoms with E-state index in [1.165, 1.54) is 11.1 Å². The number of amides is 3. The quantitative estimate of drug-likeness (QED) is 0.735. The molecule has 0 radical (unpaired) electrons. The average Bonchev–Trinajstić information content (AvgIpc) is 2.70. The summed E-state index contributed by atoms with van der Waals surface area (Å²) < 4.78 is 0. The molecule has 6 nitrogen and oxygen atoms in total. The molecule has 2 aromatic rings. The summed E-state index contributed by atoms with van der Waals surface area (Å²) in [6.45, 7) is 4.90. The Morgan fingerprint density at radius 2 is 1.89 bits per heavy atom. The highest BCUT2D eigenvalue weighted by Gasteiger charge is 2.20. The monoisotopic (exact) mass is 366 g/mol. The lowest BCUT2D eigenvalue weighted by atomic mass is 10.0. The summed E-state index contributed by atoms with van der Waals surface area (Å²) in [5, 5.41) is 8.80. The summed E-state index contributed by atoms with van der Waals surface area (Å²) in [7, 11) is 0. The van der Waals surface area contributed by atoms with Gasteiger partial charge in [0.05, 0.1) is 6.54 Å². The predicted octanol–water partition coefficient (Wildman–Crippen LogP) is 2.50. The SMILES string of the molecule is CCNCc1cccc(NC(=O)CNC(=O)N2CCc3ccccc3C2)c1. The van der Waals surface area contributed by atoms with E-state index >= 15 is 0 Å². The van der Waals surface area contributed by atoms with Gasteiger partial charge in [0.2, 0.25) is 5.91 Å². The van der Waals surface area contributed by atoms with Gasteiger partial charge >= 0.3 is 6.03 Å².